The molecule has 2 unspecified atom stereocenters. The summed E-state index contributed by atoms with van der Waals surface area (Å²) >= 11 is 1.43. The van der Waals surface area contributed by atoms with Crippen LogP contribution in [-0.4, -0.2) is 87.1 Å². The second kappa shape index (κ2) is 12.1. The van der Waals surface area contributed by atoms with Crippen LogP contribution in [0.25, 0.3) is 10.2 Å². The molecule has 3 aromatic rings. The van der Waals surface area contributed by atoms with E-state index in [2.05, 4.69) is 18.7 Å². The molecule has 206 valence electrons. The zero-order valence-electron chi connectivity index (χ0n) is 22.6. The Bertz CT molecular complexity index is 1350. The van der Waals surface area contributed by atoms with Crippen LogP contribution in [0.4, 0.5) is 5.13 Å². The van der Waals surface area contributed by atoms with E-state index in [1.54, 1.807) is 24.1 Å². The number of thiazole rings is 1. The van der Waals surface area contributed by atoms with Crippen molar-refractivity contribution in [3.8, 4) is 5.75 Å². The van der Waals surface area contributed by atoms with Crippen LogP contribution in [-0.2, 0) is 14.8 Å². The van der Waals surface area contributed by atoms with Gasteiger partial charge >= 0.3 is 0 Å². The molecule has 0 radical (unpaired) electrons. The number of ether oxygens (including phenoxy) is 2. The highest BCUT2D eigenvalue weighted by atomic mass is 32.2. The third-order valence-electron chi connectivity index (χ3n) is 6.72. The van der Waals surface area contributed by atoms with E-state index >= 15 is 0 Å². The molecule has 4 rings (SSSR count). The highest BCUT2D eigenvalue weighted by Gasteiger charge is 2.32. The molecule has 1 amide bonds. The van der Waals surface area contributed by atoms with Crippen molar-refractivity contribution in [2.75, 3.05) is 51.3 Å². The number of anilines is 1. The normalized spacial score (nSPS) is 18.7. The summed E-state index contributed by atoms with van der Waals surface area (Å²) in [5, 5.41) is 0.596. The van der Waals surface area contributed by atoms with Crippen molar-refractivity contribution in [2.45, 2.75) is 44.8 Å². The van der Waals surface area contributed by atoms with Crippen molar-refractivity contribution in [2.24, 2.45) is 0 Å². The predicted octanol–water partition coefficient (Wildman–Crippen LogP) is 4.09. The fraction of sp³-hybridized carbons (Fsp3) is 0.481. The first-order valence-corrected chi connectivity index (χ1v) is 15.2. The fourth-order valence-electron chi connectivity index (χ4n) is 4.60. The topological polar surface area (TPSA) is 92.3 Å². The van der Waals surface area contributed by atoms with Gasteiger partial charge in [0.2, 0.25) is 10.0 Å². The second-order valence-corrected chi connectivity index (χ2v) is 12.4. The molecule has 1 saturated heterocycles. The number of nitrogens with zero attached hydrogens (tertiary/aromatic N) is 4. The van der Waals surface area contributed by atoms with Crippen LogP contribution in [0.3, 0.4) is 0 Å². The van der Waals surface area contributed by atoms with Crippen LogP contribution >= 0.6 is 11.3 Å². The number of methoxy groups -OCH3 is 1. The number of rotatable bonds is 10. The van der Waals surface area contributed by atoms with Gasteiger partial charge in [-0.05, 0) is 69.4 Å². The van der Waals surface area contributed by atoms with E-state index in [9.17, 15) is 13.2 Å². The SMILES string of the molecule is CCN(CC)CCN(C(=O)c1ccc(S(=O)(=O)N2CC(C)OC(C)C2)cc1)c1nc2ccc(OC)cc2s1. The Hall–Kier alpha value is -2.57. The van der Waals surface area contributed by atoms with E-state index in [4.69, 9.17) is 14.5 Å². The van der Waals surface area contributed by atoms with Crippen LogP contribution in [0.5, 0.6) is 5.75 Å². The molecule has 1 aliphatic heterocycles. The summed E-state index contributed by atoms with van der Waals surface area (Å²) in [5.41, 5.74) is 1.20. The Morgan fingerprint density at radius 2 is 1.74 bits per heavy atom. The molecule has 1 aromatic heterocycles. The Kier molecular flexibility index (Phi) is 9.04. The van der Waals surface area contributed by atoms with E-state index in [1.165, 1.54) is 27.8 Å². The lowest BCUT2D eigenvalue weighted by Gasteiger charge is -2.34. The minimum Gasteiger partial charge on any atom is -0.497 e. The maximum atomic E-state index is 13.8. The molecule has 1 fully saturated rings. The van der Waals surface area contributed by atoms with Gasteiger partial charge in [0.15, 0.2) is 5.13 Å². The molecule has 0 bridgehead atoms. The van der Waals surface area contributed by atoms with Crippen LogP contribution in [0, 0.1) is 0 Å². The fourth-order valence-corrected chi connectivity index (χ4v) is 7.21. The van der Waals surface area contributed by atoms with Crippen molar-refractivity contribution in [1.82, 2.24) is 14.2 Å². The van der Waals surface area contributed by atoms with Crippen LogP contribution in [0.1, 0.15) is 38.1 Å². The minimum atomic E-state index is -3.70. The van der Waals surface area contributed by atoms with Gasteiger partial charge in [-0.3, -0.25) is 9.69 Å². The summed E-state index contributed by atoms with van der Waals surface area (Å²) in [5.74, 6) is 0.510. The van der Waals surface area contributed by atoms with Gasteiger partial charge in [0.1, 0.15) is 5.75 Å². The van der Waals surface area contributed by atoms with Gasteiger partial charge in [-0.2, -0.15) is 4.31 Å². The smallest absolute Gasteiger partial charge is 0.260 e. The van der Waals surface area contributed by atoms with Gasteiger partial charge in [0, 0.05) is 31.7 Å². The lowest BCUT2D eigenvalue weighted by Crippen LogP contribution is -2.48. The van der Waals surface area contributed by atoms with Gasteiger partial charge in [-0.15, -0.1) is 0 Å². The number of amides is 1. The number of morpholine rings is 1. The Labute approximate surface area is 229 Å². The molecule has 2 aromatic carbocycles. The van der Waals surface area contributed by atoms with E-state index in [0.29, 0.717) is 36.9 Å². The van der Waals surface area contributed by atoms with E-state index in [0.717, 1.165) is 29.1 Å². The molecule has 1 aliphatic rings. The molecule has 2 heterocycles. The second-order valence-electron chi connectivity index (χ2n) is 9.42. The quantitative estimate of drug-likeness (QED) is 0.369. The number of benzene rings is 2. The van der Waals surface area contributed by atoms with Crippen molar-refractivity contribution in [3.05, 3.63) is 48.0 Å². The number of likely N-dealkylation sites (N-methyl/N-ethyl adjacent to an activating group) is 1. The standard InChI is InChI=1S/C27H36N4O5S2/c1-6-29(7-2)14-15-31(27-28-24-13-10-22(35-5)16-25(24)37-27)26(32)21-8-11-23(12-9-21)38(33,34)30-17-19(3)36-20(4)18-30/h8-13,16,19-20H,6-7,14-15,17-18H2,1-5H3. The highest BCUT2D eigenvalue weighted by Crippen LogP contribution is 2.32. The zero-order chi connectivity index (χ0) is 27.4. The first-order chi connectivity index (χ1) is 18.2. The summed E-state index contributed by atoms with van der Waals surface area (Å²) in [7, 11) is -2.08. The highest BCUT2D eigenvalue weighted by molar-refractivity contribution is 7.89. The monoisotopic (exact) mass is 560 g/mol. The number of fused-ring (bicyclic) bond motifs is 1. The van der Waals surface area contributed by atoms with E-state index < -0.39 is 10.0 Å². The lowest BCUT2D eigenvalue weighted by atomic mass is 10.2. The first kappa shape index (κ1) is 28.4. The molecule has 0 spiro atoms. The summed E-state index contributed by atoms with van der Waals surface area (Å²) in [4.78, 5) is 22.6. The minimum absolute atomic E-state index is 0.164. The maximum absolute atomic E-state index is 13.8. The summed E-state index contributed by atoms with van der Waals surface area (Å²) in [6.45, 7) is 11.4. The number of aromatic nitrogens is 1. The van der Waals surface area contributed by atoms with Gasteiger partial charge in [0.05, 0.1) is 34.4 Å². The molecule has 0 saturated carbocycles. The average Bonchev–Trinajstić information content (AvgIpc) is 3.33. The van der Waals surface area contributed by atoms with Crippen LogP contribution in [0.2, 0.25) is 0 Å². The molecule has 0 aliphatic carbocycles. The van der Waals surface area contributed by atoms with Gasteiger partial charge < -0.3 is 14.4 Å². The number of hydrogen-bond donors (Lipinski definition) is 0. The molecule has 9 nitrogen and oxygen atoms in total. The van der Waals surface area contributed by atoms with Gasteiger partial charge in [0.25, 0.3) is 5.91 Å². The Morgan fingerprint density at radius 1 is 1.08 bits per heavy atom. The molecule has 2 atom stereocenters. The Balaban J connectivity index is 1.61. The molecular formula is C27H36N4O5S2. The largest absolute Gasteiger partial charge is 0.497 e. The number of carbonyl (C=O) groups is 1. The maximum Gasteiger partial charge on any atom is 0.260 e. The number of sulfonamides is 1. The van der Waals surface area contributed by atoms with Crippen molar-refractivity contribution in [1.29, 1.82) is 0 Å². The summed E-state index contributed by atoms with van der Waals surface area (Å²) in [6.07, 6.45) is -0.356. The third kappa shape index (κ3) is 6.18. The number of carbonyl (C=O) groups excluding carboxylic acids is 1. The summed E-state index contributed by atoms with van der Waals surface area (Å²) in [6, 6.07) is 11.8. The average molecular weight is 561 g/mol. The lowest BCUT2D eigenvalue weighted by molar-refractivity contribution is -0.0440. The van der Waals surface area contributed by atoms with Crippen LogP contribution in [0.15, 0.2) is 47.4 Å². The first-order valence-electron chi connectivity index (χ1n) is 12.9. The summed E-state index contributed by atoms with van der Waals surface area (Å²) < 4.78 is 39.9. The van der Waals surface area contributed by atoms with Crippen molar-refractivity contribution < 1.29 is 22.7 Å². The molecule has 38 heavy (non-hydrogen) atoms. The molecule has 11 heteroatoms. The van der Waals surface area contributed by atoms with Crippen molar-refractivity contribution in [3.63, 3.8) is 0 Å². The zero-order valence-corrected chi connectivity index (χ0v) is 24.2. The van der Waals surface area contributed by atoms with Crippen molar-refractivity contribution >= 4 is 42.6 Å². The Morgan fingerprint density at radius 3 is 2.34 bits per heavy atom. The van der Waals surface area contributed by atoms with E-state index in [1.807, 2.05) is 32.0 Å². The molecular weight excluding hydrogens is 524 g/mol. The van der Waals surface area contributed by atoms with Crippen LogP contribution < -0.4 is 9.64 Å². The predicted molar refractivity (Wildman–Crippen MR) is 151 cm³/mol. The third-order valence-corrected chi connectivity index (χ3v) is 9.61. The number of hydrogen-bond acceptors (Lipinski definition) is 8. The van der Waals surface area contributed by atoms with E-state index in [-0.39, 0.29) is 23.0 Å². The van der Waals surface area contributed by atoms with Gasteiger partial charge in [-0.1, -0.05) is 25.2 Å². The molecule has 0 N–H and O–H groups in total. The van der Waals surface area contributed by atoms with Gasteiger partial charge in [-0.25, -0.2) is 13.4 Å².